The zero-order valence-electron chi connectivity index (χ0n) is 17.5. The third-order valence-corrected chi connectivity index (χ3v) is 6.89. The first kappa shape index (κ1) is 20.6. The van der Waals surface area contributed by atoms with E-state index in [0.717, 1.165) is 57.9 Å². The Bertz CT molecular complexity index is 516. The largest absolute Gasteiger partial charge is 0.354 e. The SMILES string of the molecule is CC(C)NC(=O)CCN1CC[C@@]2(CCCN(CCC3CCCCC3)C2=O)C1. The van der Waals surface area contributed by atoms with Crippen LogP contribution < -0.4 is 5.32 Å². The standard InChI is InChI=1S/C22H39N3O2/c1-18(2)23-20(26)10-14-24-16-12-22(17-24)11-6-13-25(21(22)27)15-9-19-7-4-3-5-8-19/h18-19H,3-17H2,1-2H3,(H,23,26)/t22-/m0/s1. The van der Waals surface area contributed by atoms with Gasteiger partial charge in [0, 0.05) is 38.6 Å². The second-order valence-corrected chi connectivity index (χ2v) is 9.47. The molecule has 27 heavy (non-hydrogen) atoms. The molecule has 1 N–H and O–H groups in total. The van der Waals surface area contributed by atoms with Gasteiger partial charge >= 0.3 is 0 Å². The Morgan fingerprint density at radius 3 is 2.63 bits per heavy atom. The molecule has 0 radical (unpaired) electrons. The maximum absolute atomic E-state index is 13.3. The zero-order valence-corrected chi connectivity index (χ0v) is 17.5. The summed E-state index contributed by atoms with van der Waals surface area (Å²) >= 11 is 0. The Labute approximate surface area is 165 Å². The van der Waals surface area contributed by atoms with Gasteiger partial charge in [0.05, 0.1) is 5.41 Å². The maximum Gasteiger partial charge on any atom is 0.230 e. The lowest BCUT2D eigenvalue weighted by Gasteiger charge is -2.40. The normalized spacial score (nSPS) is 27.7. The summed E-state index contributed by atoms with van der Waals surface area (Å²) in [5.74, 6) is 1.36. The predicted octanol–water partition coefficient (Wildman–Crippen LogP) is 3.19. The second kappa shape index (κ2) is 9.40. The summed E-state index contributed by atoms with van der Waals surface area (Å²) in [6.45, 7) is 8.47. The van der Waals surface area contributed by atoms with Crippen LogP contribution in [-0.2, 0) is 9.59 Å². The van der Waals surface area contributed by atoms with Crippen LogP contribution in [0.2, 0.25) is 0 Å². The number of carbonyl (C=O) groups is 2. The van der Waals surface area contributed by atoms with Crippen LogP contribution in [-0.4, -0.2) is 60.4 Å². The van der Waals surface area contributed by atoms with Crippen molar-refractivity contribution in [3.63, 3.8) is 0 Å². The first-order chi connectivity index (χ1) is 13.0. The highest BCUT2D eigenvalue weighted by atomic mass is 16.2. The Kier molecular flexibility index (Phi) is 7.18. The van der Waals surface area contributed by atoms with Gasteiger partial charge in [0.15, 0.2) is 0 Å². The number of nitrogens with one attached hydrogen (secondary N) is 1. The number of hydrogen-bond donors (Lipinski definition) is 1. The molecular formula is C22H39N3O2. The molecule has 5 nitrogen and oxygen atoms in total. The Morgan fingerprint density at radius 2 is 1.89 bits per heavy atom. The van der Waals surface area contributed by atoms with Crippen molar-refractivity contribution in [2.24, 2.45) is 11.3 Å². The molecule has 0 aromatic heterocycles. The molecule has 3 fully saturated rings. The smallest absolute Gasteiger partial charge is 0.230 e. The quantitative estimate of drug-likeness (QED) is 0.741. The zero-order chi connectivity index (χ0) is 19.3. The molecule has 1 spiro atoms. The lowest BCUT2D eigenvalue weighted by molar-refractivity contribution is -0.145. The van der Waals surface area contributed by atoms with Gasteiger partial charge in [-0.1, -0.05) is 32.1 Å². The van der Waals surface area contributed by atoms with E-state index in [1.165, 1.54) is 38.5 Å². The van der Waals surface area contributed by atoms with Crippen LogP contribution in [0.1, 0.15) is 78.1 Å². The van der Waals surface area contributed by atoms with Crippen molar-refractivity contribution in [2.75, 3.05) is 32.7 Å². The van der Waals surface area contributed by atoms with E-state index in [2.05, 4.69) is 15.1 Å². The van der Waals surface area contributed by atoms with Crippen molar-refractivity contribution in [1.82, 2.24) is 15.1 Å². The Hall–Kier alpha value is -1.10. The van der Waals surface area contributed by atoms with Gasteiger partial charge in [0.2, 0.25) is 11.8 Å². The average Bonchev–Trinajstić information content (AvgIpc) is 3.06. The van der Waals surface area contributed by atoms with Crippen molar-refractivity contribution in [3.8, 4) is 0 Å². The molecule has 2 heterocycles. The van der Waals surface area contributed by atoms with Crippen molar-refractivity contribution in [1.29, 1.82) is 0 Å². The van der Waals surface area contributed by atoms with E-state index in [9.17, 15) is 9.59 Å². The number of nitrogens with zero attached hydrogens (tertiary/aromatic N) is 2. The van der Waals surface area contributed by atoms with E-state index in [-0.39, 0.29) is 17.4 Å². The number of rotatable bonds is 7. The molecule has 1 saturated carbocycles. The molecule has 3 aliphatic rings. The highest BCUT2D eigenvalue weighted by Crippen LogP contribution is 2.40. The van der Waals surface area contributed by atoms with Crippen molar-refractivity contribution in [2.45, 2.75) is 84.1 Å². The lowest BCUT2D eigenvalue weighted by atomic mass is 9.78. The van der Waals surface area contributed by atoms with Gasteiger partial charge in [0.25, 0.3) is 0 Å². The first-order valence-corrected chi connectivity index (χ1v) is 11.3. The van der Waals surface area contributed by atoms with E-state index in [1.54, 1.807) is 0 Å². The van der Waals surface area contributed by atoms with Crippen LogP contribution in [0.5, 0.6) is 0 Å². The highest BCUT2D eigenvalue weighted by molar-refractivity contribution is 5.84. The molecule has 0 bridgehead atoms. The van der Waals surface area contributed by atoms with Gasteiger partial charge in [-0.2, -0.15) is 0 Å². The number of amides is 2. The number of likely N-dealkylation sites (tertiary alicyclic amines) is 2. The van der Waals surface area contributed by atoms with Crippen LogP contribution in [0, 0.1) is 11.3 Å². The fraction of sp³-hybridized carbons (Fsp3) is 0.909. The molecule has 3 rings (SSSR count). The molecule has 1 aliphatic carbocycles. The molecule has 0 aromatic carbocycles. The van der Waals surface area contributed by atoms with Crippen LogP contribution in [0.4, 0.5) is 0 Å². The highest BCUT2D eigenvalue weighted by Gasteiger charge is 2.48. The average molecular weight is 378 g/mol. The summed E-state index contributed by atoms with van der Waals surface area (Å²) in [7, 11) is 0. The molecule has 2 aliphatic heterocycles. The monoisotopic (exact) mass is 377 g/mol. The van der Waals surface area contributed by atoms with Crippen LogP contribution in [0.15, 0.2) is 0 Å². The fourth-order valence-corrected chi connectivity index (χ4v) is 5.36. The number of piperidine rings is 1. The van der Waals surface area contributed by atoms with E-state index in [4.69, 9.17) is 0 Å². The second-order valence-electron chi connectivity index (χ2n) is 9.47. The molecule has 2 saturated heterocycles. The van der Waals surface area contributed by atoms with Crippen LogP contribution >= 0.6 is 0 Å². The number of carbonyl (C=O) groups excluding carboxylic acids is 2. The van der Waals surface area contributed by atoms with Crippen LogP contribution in [0.3, 0.4) is 0 Å². The van der Waals surface area contributed by atoms with Crippen LogP contribution in [0.25, 0.3) is 0 Å². The fourth-order valence-electron chi connectivity index (χ4n) is 5.36. The Morgan fingerprint density at radius 1 is 1.11 bits per heavy atom. The summed E-state index contributed by atoms with van der Waals surface area (Å²) in [6.07, 6.45) is 11.7. The maximum atomic E-state index is 13.3. The molecule has 154 valence electrons. The molecule has 2 amide bonds. The van der Waals surface area contributed by atoms with E-state index >= 15 is 0 Å². The van der Waals surface area contributed by atoms with Gasteiger partial charge < -0.3 is 15.1 Å². The van der Waals surface area contributed by atoms with E-state index in [1.807, 2.05) is 13.8 Å². The molecule has 5 heteroatoms. The van der Waals surface area contributed by atoms with Gasteiger partial charge in [-0.25, -0.2) is 0 Å². The minimum absolute atomic E-state index is 0.120. The first-order valence-electron chi connectivity index (χ1n) is 11.3. The number of hydrogen-bond acceptors (Lipinski definition) is 3. The molecule has 0 unspecified atom stereocenters. The summed E-state index contributed by atoms with van der Waals surface area (Å²) in [5.41, 5.74) is -0.167. The van der Waals surface area contributed by atoms with Crippen molar-refractivity contribution in [3.05, 3.63) is 0 Å². The predicted molar refractivity (Wildman–Crippen MR) is 108 cm³/mol. The van der Waals surface area contributed by atoms with E-state index < -0.39 is 0 Å². The van der Waals surface area contributed by atoms with Gasteiger partial charge in [-0.05, 0) is 52.0 Å². The molecule has 0 aromatic rings. The van der Waals surface area contributed by atoms with E-state index in [0.29, 0.717) is 12.3 Å². The lowest BCUT2D eigenvalue weighted by Crippen LogP contribution is -2.50. The minimum atomic E-state index is -0.167. The van der Waals surface area contributed by atoms with Gasteiger partial charge in [-0.3, -0.25) is 9.59 Å². The third kappa shape index (κ3) is 5.46. The Balaban J connectivity index is 1.47. The van der Waals surface area contributed by atoms with Crippen molar-refractivity contribution >= 4 is 11.8 Å². The summed E-state index contributed by atoms with van der Waals surface area (Å²) in [5, 5.41) is 2.96. The summed E-state index contributed by atoms with van der Waals surface area (Å²) in [4.78, 5) is 29.7. The topological polar surface area (TPSA) is 52.7 Å². The summed E-state index contributed by atoms with van der Waals surface area (Å²) in [6, 6.07) is 0.195. The third-order valence-electron chi connectivity index (χ3n) is 6.89. The van der Waals surface area contributed by atoms with Crippen molar-refractivity contribution < 1.29 is 9.59 Å². The minimum Gasteiger partial charge on any atom is -0.354 e. The van der Waals surface area contributed by atoms with Gasteiger partial charge in [-0.15, -0.1) is 0 Å². The molecular weight excluding hydrogens is 338 g/mol. The molecule has 1 atom stereocenters. The van der Waals surface area contributed by atoms with Gasteiger partial charge in [0.1, 0.15) is 0 Å². The summed E-state index contributed by atoms with van der Waals surface area (Å²) < 4.78 is 0.